The average molecular weight is 300 g/mol. The Hall–Kier alpha value is -0.130. The van der Waals surface area contributed by atoms with Crippen molar-refractivity contribution in [3.8, 4) is 0 Å². The van der Waals surface area contributed by atoms with Gasteiger partial charge in [-0.3, -0.25) is 16.2 Å². The van der Waals surface area contributed by atoms with Gasteiger partial charge in [0.2, 0.25) is 0 Å². The van der Waals surface area contributed by atoms with Crippen molar-refractivity contribution in [2.45, 2.75) is 50.1 Å². The molecule has 5 heteroatoms. The van der Waals surface area contributed by atoms with E-state index in [0.717, 1.165) is 5.02 Å². The summed E-state index contributed by atoms with van der Waals surface area (Å²) in [7, 11) is 0. The van der Waals surface area contributed by atoms with E-state index in [1.165, 1.54) is 56.5 Å². The number of nitrogens with zero attached hydrogens (tertiary/aromatic N) is 1. The number of rotatable bonds is 4. The van der Waals surface area contributed by atoms with E-state index < -0.39 is 0 Å². The maximum Gasteiger partial charge on any atom is 0.0751 e. The van der Waals surface area contributed by atoms with Crippen LogP contribution in [0.15, 0.2) is 11.4 Å². The lowest BCUT2D eigenvalue weighted by Crippen LogP contribution is -2.55. The van der Waals surface area contributed by atoms with Gasteiger partial charge in [0, 0.05) is 10.4 Å². The maximum atomic E-state index is 6.36. The lowest BCUT2D eigenvalue weighted by Gasteiger charge is -2.44. The summed E-state index contributed by atoms with van der Waals surface area (Å²) in [5.74, 6) is 5.94. The molecule has 3 rings (SSSR count). The number of nitrogens with one attached hydrogen (secondary N) is 1. The second-order valence-electron chi connectivity index (χ2n) is 5.74. The molecule has 0 amide bonds. The zero-order valence-corrected chi connectivity index (χ0v) is 12.8. The molecule has 2 heterocycles. The molecule has 0 bridgehead atoms. The molecule has 1 aliphatic heterocycles. The Balaban J connectivity index is 1.95. The molecule has 1 saturated heterocycles. The van der Waals surface area contributed by atoms with Crippen LogP contribution in [0.5, 0.6) is 0 Å². The molecular formula is C14H22ClN3S. The predicted octanol–water partition coefficient (Wildman–Crippen LogP) is 3.31. The van der Waals surface area contributed by atoms with Crippen molar-refractivity contribution in [1.29, 1.82) is 0 Å². The predicted molar refractivity (Wildman–Crippen MR) is 81.4 cm³/mol. The highest BCUT2D eigenvalue weighted by atomic mass is 35.5. The van der Waals surface area contributed by atoms with Crippen molar-refractivity contribution in [2.75, 3.05) is 13.1 Å². The maximum absolute atomic E-state index is 6.36. The van der Waals surface area contributed by atoms with Crippen LogP contribution in [0.2, 0.25) is 5.02 Å². The average Bonchev–Trinajstić information content (AvgIpc) is 3.12. The molecule has 1 atom stereocenters. The van der Waals surface area contributed by atoms with Gasteiger partial charge in [-0.05, 0) is 50.2 Å². The minimum absolute atomic E-state index is 0.167. The second kappa shape index (κ2) is 5.70. The largest absolute Gasteiger partial charge is 0.296 e. The third-order valence-corrected chi connectivity index (χ3v) is 6.24. The SMILES string of the molecule is NNC(c1sccc1Cl)C1(N2CCCC2)CCCC1. The van der Waals surface area contributed by atoms with Crippen LogP contribution in [0.1, 0.15) is 49.4 Å². The molecule has 19 heavy (non-hydrogen) atoms. The highest BCUT2D eigenvalue weighted by Gasteiger charge is 2.47. The zero-order valence-electron chi connectivity index (χ0n) is 11.2. The Bertz CT molecular complexity index is 422. The van der Waals surface area contributed by atoms with Gasteiger partial charge in [0.15, 0.2) is 0 Å². The van der Waals surface area contributed by atoms with Gasteiger partial charge in [0.1, 0.15) is 0 Å². The van der Waals surface area contributed by atoms with Gasteiger partial charge in [-0.15, -0.1) is 11.3 Å². The van der Waals surface area contributed by atoms with Gasteiger partial charge < -0.3 is 0 Å². The lowest BCUT2D eigenvalue weighted by molar-refractivity contribution is 0.0778. The van der Waals surface area contributed by atoms with Crippen LogP contribution in [0.3, 0.4) is 0 Å². The zero-order chi connectivity index (χ0) is 13.3. The summed E-state index contributed by atoms with van der Waals surface area (Å²) in [5, 5.41) is 2.92. The fraction of sp³-hybridized carbons (Fsp3) is 0.714. The molecular weight excluding hydrogens is 278 g/mol. The van der Waals surface area contributed by atoms with E-state index in [1.54, 1.807) is 11.3 Å². The first-order chi connectivity index (χ1) is 9.28. The number of hydrazine groups is 1. The van der Waals surface area contributed by atoms with Crippen molar-refractivity contribution in [1.82, 2.24) is 10.3 Å². The molecule has 1 aliphatic carbocycles. The number of likely N-dealkylation sites (tertiary alicyclic amines) is 1. The van der Waals surface area contributed by atoms with E-state index in [0.29, 0.717) is 0 Å². The molecule has 106 valence electrons. The minimum Gasteiger partial charge on any atom is -0.296 e. The van der Waals surface area contributed by atoms with E-state index in [9.17, 15) is 0 Å². The minimum atomic E-state index is 0.167. The Labute approximate surface area is 124 Å². The molecule has 0 radical (unpaired) electrons. The topological polar surface area (TPSA) is 41.3 Å². The normalized spacial score (nSPS) is 24.9. The fourth-order valence-electron chi connectivity index (χ4n) is 3.92. The fourth-order valence-corrected chi connectivity index (χ4v) is 5.26. The van der Waals surface area contributed by atoms with E-state index in [2.05, 4.69) is 15.7 Å². The van der Waals surface area contributed by atoms with Crippen molar-refractivity contribution in [3.05, 3.63) is 21.3 Å². The number of hydrogen-bond donors (Lipinski definition) is 2. The number of hydrogen-bond acceptors (Lipinski definition) is 4. The van der Waals surface area contributed by atoms with Gasteiger partial charge in [0.25, 0.3) is 0 Å². The number of nitrogens with two attached hydrogens (primary N) is 1. The molecule has 1 aromatic heterocycles. The summed E-state index contributed by atoms with van der Waals surface area (Å²) in [6.07, 6.45) is 7.70. The van der Waals surface area contributed by atoms with Gasteiger partial charge in [0.05, 0.1) is 11.1 Å². The summed E-state index contributed by atoms with van der Waals surface area (Å²) in [4.78, 5) is 3.87. The molecule has 2 aliphatic rings. The summed E-state index contributed by atoms with van der Waals surface area (Å²) < 4.78 is 0. The third kappa shape index (κ3) is 2.34. The first kappa shape index (κ1) is 13.8. The lowest BCUT2D eigenvalue weighted by atomic mass is 9.85. The summed E-state index contributed by atoms with van der Waals surface area (Å²) in [5.41, 5.74) is 3.27. The first-order valence-electron chi connectivity index (χ1n) is 7.22. The molecule has 0 aromatic carbocycles. The molecule has 1 saturated carbocycles. The third-order valence-electron chi connectivity index (χ3n) is 4.82. The standard InChI is InChI=1S/C14H22ClN3S/c15-11-5-10-19-12(11)13(17-16)14(6-1-2-7-14)18-8-3-4-9-18/h5,10,13,17H,1-4,6-9,16H2. The summed E-state index contributed by atoms with van der Waals surface area (Å²) in [6, 6.07) is 2.15. The Morgan fingerprint density at radius 2 is 1.95 bits per heavy atom. The smallest absolute Gasteiger partial charge is 0.0751 e. The van der Waals surface area contributed by atoms with Crippen molar-refractivity contribution < 1.29 is 0 Å². The summed E-state index contributed by atoms with van der Waals surface area (Å²) in [6.45, 7) is 2.42. The van der Waals surface area contributed by atoms with Gasteiger partial charge in [-0.2, -0.15) is 0 Å². The van der Waals surface area contributed by atoms with Gasteiger partial charge in [-0.1, -0.05) is 24.4 Å². The van der Waals surface area contributed by atoms with Crippen molar-refractivity contribution >= 4 is 22.9 Å². The summed E-state index contributed by atoms with van der Waals surface area (Å²) >= 11 is 8.08. The van der Waals surface area contributed by atoms with Crippen LogP contribution in [-0.2, 0) is 0 Å². The quantitative estimate of drug-likeness (QED) is 0.662. The second-order valence-corrected chi connectivity index (χ2v) is 7.09. The molecule has 1 unspecified atom stereocenters. The number of halogens is 1. The molecule has 3 N–H and O–H groups in total. The first-order valence-corrected chi connectivity index (χ1v) is 8.48. The number of thiophene rings is 1. The van der Waals surface area contributed by atoms with E-state index in [1.807, 2.05) is 6.07 Å². The Morgan fingerprint density at radius 1 is 1.26 bits per heavy atom. The monoisotopic (exact) mass is 299 g/mol. The highest BCUT2D eigenvalue weighted by Crippen LogP contribution is 2.48. The Kier molecular flexibility index (Phi) is 4.15. The van der Waals surface area contributed by atoms with Crippen molar-refractivity contribution in [3.63, 3.8) is 0 Å². The van der Waals surface area contributed by atoms with Crippen LogP contribution in [0.25, 0.3) is 0 Å². The molecule has 1 aromatic rings. The van der Waals surface area contributed by atoms with E-state index >= 15 is 0 Å². The van der Waals surface area contributed by atoms with Crippen LogP contribution in [-0.4, -0.2) is 23.5 Å². The van der Waals surface area contributed by atoms with Crippen LogP contribution < -0.4 is 11.3 Å². The highest BCUT2D eigenvalue weighted by molar-refractivity contribution is 7.10. The Morgan fingerprint density at radius 3 is 2.47 bits per heavy atom. The van der Waals surface area contributed by atoms with Crippen LogP contribution >= 0.6 is 22.9 Å². The van der Waals surface area contributed by atoms with Gasteiger partial charge in [-0.25, -0.2) is 0 Å². The van der Waals surface area contributed by atoms with E-state index in [-0.39, 0.29) is 11.6 Å². The van der Waals surface area contributed by atoms with Crippen LogP contribution in [0, 0.1) is 0 Å². The van der Waals surface area contributed by atoms with E-state index in [4.69, 9.17) is 17.4 Å². The molecule has 3 nitrogen and oxygen atoms in total. The molecule has 0 spiro atoms. The van der Waals surface area contributed by atoms with Crippen molar-refractivity contribution in [2.24, 2.45) is 5.84 Å². The van der Waals surface area contributed by atoms with Crippen LogP contribution in [0.4, 0.5) is 0 Å². The van der Waals surface area contributed by atoms with Gasteiger partial charge >= 0.3 is 0 Å². The molecule has 2 fully saturated rings.